The number of hydrogen-bond donors (Lipinski definition) is 0. The van der Waals surface area contributed by atoms with Crippen LogP contribution in [0.5, 0.6) is 0 Å². The van der Waals surface area contributed by atoms with E-state index in [9.17, 15) is 0 Å². The fourth-order valence-corrected chi connectivity index (χ4v) is 9.58. The molecule has 0 N–H and O–H groups in total. The van der Waals surface area contributed by atoms with Crippen molar-refractivity contribution in [3.8, 4) is 22.3 Å². The Morgan fingerprint density at radius 1 is 0.518 bits per heavy atom. The number of allylic oxidation sites excluding steroid dienone is 4. The van der Waals surface area contributed by atoms with Gasteiger partial charge in [-0.1, -0.05) is 153 Å². The summed E-state index contributed by atoms with van der Waals surface area (Å²) in [4.78, 5) is 2.47. The van der Waals surface area contributed by atoms with Crippen molar-refractivity contribution < 1.29 is 4.42 Å². The molecule has 56 heavy (non-hydrogen) atoms. The number of anilines is 2. The van der Waals surface area contributed by atoms with Gasteiger partial charge in [0.2, 0.25) is 0 Å². The Balaban J connectivity index is 1.11. The molecule has 0 spiro atoms. The molecule has 0 fully saturated rings. The molecule has 0 saturated heterocycles. The van der Waals surface area contributed by atoms with E-state index in [1.807, 2.05) is 6.07 Å². The van der Waals surface area contributed by atoms with Crippen molar-refractivity contribution >= 4 is 44.1 Å². The third-order valence-electron chi connectivity index (χ3n) is 12.0. The van der Waals surface area contributed by atoms with Gasteiger partial charge in [-0.25, -0.2) is 0 Å². The van der Waals surface area contributed by atoms with E-state index in [2.05, 4.69) is 206 Å². The zero-order chi connectivity index (χ0) is 37.2. The number of rotatable bonds is 6. The van der Waals surface area contributed by atoms with E-state index in [0.717, 1.165) is 39.7 Å². The van der Waals surface area contributed by atoms with Gasteiger partial charge >= 0.3 is 0 Å². The Labute approximate surface area is 327 Å². The minimum absolute atomic E-state index is 0.295. The average molecular weight is 718 g/mol. The lowest BCUT2D eigenvalue weighted by molar-refractivity contribution is 0.653. The lowest BCUT2D eigenvalue weighted by Gasteiger charge is -2.39. The highest BCUT2D eigenvalue weighted by molar-refractivity contribution is 6.05. The molecule has 2 heteroatoms. The summed E-state index contributed by atoms with van der Waals surface area (Å²) in [6.45, 7) is 2.37. The molecule has 1 unspecified atom stereocenters. The van der Waals surface area contributed by atoms with Crippen molar-refractivity contribution in [2.75, 3.05) is 4.90 Å². The van der Waals surface area contributed by atoms with E-state index in [1.54, 1.807) is 0 Å². The molecule has 0 saturated carbocycles. The van der Waals surface area contributed by atoms with Gasteiger partial charge in [0.15, 0.2) is 0 Å². The summed E-state index contributed by atoms with van der Waals surface area (Å²) in [6.07, 6.45) is 5.95. The van der Waals surface area contributed by atoms with E-state index in [0.29, 0.717) is 5.92 Å². The van der Waals surface area contributed by atoms with Gasteiger partial charge in [-0.2, -0.15) is 0 Å². The van der Waals surface area contributed by atoms with Crippen LogP contribution in [0.2, 0.25) is 0 Å². The van der Waals surface area contributed by atoms with Crippen LogP contribution in [0, 0.1) is 5.92 Å². The summed E-state index contributed by atoms with van der Waals surface area (Å²) in [5.74, 6) is 0.295. The van der Waals surface area contributed by atoms with Gasteiger partial charge < -0.3 is 9.32 Å². The Kier molecular flexibility index (Phi) is 7.47. The largest absolute Gasteiger partial charge is 0.456 e. The third kappa shape index (κ3) is 5.03. The SMILES string of the molecule is CC1C=C(C2(c3ccc4oc5ccccc5c4c3)c3ccccc3-c3ccccc32)C=C(N(c2ccccc2)c2ccc(-c3ccc4ccccc4c3)cc2)C1. The number of benzene rings is 8. The van der Waals surface area contributed by atoms with Crippen LogP contribution in [0.15, 0.2) is 216 Å². The predicted octanol–water partition coefficient (Wildman–Crippen LogP) is 14.4. The molecule has 266 valence electrons. The van der Waals surface area contributed by atoms with Gasteiger partial charge in [0.05, 0.1) is 5.41 Å². The minimum Gasteiger partial charge on any atom is -0.456 e. The Hall–Kier alpha value is -6.90. The lowest BCUT2D eigenvalue weighted by atomic mass is 9.65. The molecule has 1 heterocycles. The molecule has 2 aliphatic rings. The normalized spacial score (nSPS) is 15.7. The van der Waals surface area contributed by atoms with Crippen LogP contribution in [0.4, 0.5) is 11.4 Å². The van der Waals surface area contributed by atoms with Crippen LogP contribution >= 0.6 is 0 Å². The number of hydrogen-bond acceptors (Lipinski definition) is 2. The van der Waals surface area contributed by atoms with Gasteiger partial charge in [0.25, 0.3) is 0 Å². The summed E-state index contributed by atoms with van der Waals surface area (Å²) in [6, 6.07) is 68.6. The summed E-state index contributed by atoms with van der Waals surface area (Å²) in [5, 5.41) is 4.80. The third-order valence-corrected chi connectivity index (χ3v) is 12.0. The van der Waals surface area contributed by atoms with E-state index >= 15 is 0 Å². The van der Waals surface area contributed by atoms with Crippen LogP contribution in [-0.2, 0) is 5.41 Å². The fourth-order valence-electron chi connectivity index (χ4n) is 9.58. The quantitative estimate of drug-likeness (QED) is 0.170. The molecule has 8 aromatic carbocycles. The number of nitrogens with zero attached hydrogens (tertiary/aromatic N) is 1. The summed E-state index contributed by atoms with van der Waals surface area (Å²) in [5.41, 5.74) is 15.0. The highest BCUT2D eigenvalue weighted by Gasteiger charge is 2.47. The standard InChI is InChI=1S/C54H39NO/c1-36-31-42(34-45(32-36)55(43-15-3-2-4-16-43)44-28-25-38(26-29-44)40-24-23-37-13-5-6-14-39(37)33-40)54(50-20-10-7-17-46(50)47-18-8-11-21-51(47)54)41-27-30-53-49(35-41)48-19-9-12-22-52(48)56-53/h2-31,33-36H,32H2,1H3. The topological polar surface area (TPSA) is 16.4 Å². The summed E-state index contributed by atoms with van der Waals surface area (Å²) >= 11 is 0. The minimum atomic E-state index is -0.540. The smallest absolute Gasteiger partial charge is 0.135 e. The number of para-hydroxylation sites is 2. The highest BCUT2D eigenvalue weighted by atomic mass is 16.3. The van der Waals surface area contributed by atoms with Gasteiger partial charge in [0.1, 0.15) is 11.2 Å². The molecule has 9 aromatic rings. The van der Waals surface area contributed by atoms with Crippen molar-refractivity contribution in [1.82, 2.24) is 0 Å². The first kappa shape index (κ1) is 32.5. The Morgan fingerprint density at radius 2 is 1.14 bits per heavy atom. The van der Waals surface area contributed by atoms with Crippen LogP contribution in [0.3, 0.4) is 0 Å². The molecule has 1 atom stereocenters. The van der Waals surface area contributed by atoms with Crippen LogP contribution in [0.25, 0.3) is 55.0 Å². The van der Waals surface area contributed by atoms with Crippen LogP contribution in [0.1, 0.15) is 30.0 Å². The maximum Gasteiger partial charge on any atom is 0.135 e. The van der Waals surface area contributed by atoms with Gasteiger partial charge in [-0.15, -0.1) is 0 Å². The molecular formula is C54H39NO. The summed E-state index contributed by atoms with van der Waals surface area (Å²) < 4.78 is 6.37. The van der Waals surface area contributed by atoms with Crippen LogP contribution < -0.4 is 4.90 Å². The van der Waals surface area contributed by atoms with Crippen molar-refractivity contribution in [3.05, 3.63) is 228 Å². The van der Waals surface area contributed by atoms with Crippen molar-refractivity contribution in [3.63, 3.8) is 0 Å². The molecule has 11 rings (SSSR count). The van der Waals surface area contributed by atoms with Gasteiger partial charge in [0, 0.05) is 27.8 Å². The molecule has 2 aliphatic carbocycles. The fraction of sp³-hybridized carbons (Fsp3) is 0.0741. The van der Waals surface area contributed by atoms with E-state index < -0.39 is 5.41 Å². The predicted molar refractivity (Wildman–Crippen MR) is 233 cm³/mol. The maximum atomic E-state index is 6.37. The molecule has 0 aliphatic heterocycles. The molecular weight excluding hydrogens is 679 g/mol. The van der Waals surface area contributed by atoms with Gasteiger partial charge in [-0.3, -0.25) is 0 Å². The van der Waals surface area contributed by atoms with Crippen molar-refractivity contribution in [2.45, 2.75) is 18.8 Å². The first-order chi connectivity index (χ1) is 27.6. The van der Waals surface area contributed by atoms with E-state index in [1.165, 1.54) is 61.0 Å². The molecule has 2 nitrogen and oxygen atoms in total. The Bertz CT molecular complexity index is 2970. The molecule has 1 aromatic heterocycles. The van der Waals surface area contributed by atoms with Crippen LogP contribution in [-0.4, -0.2) is 0 Å². The monoisotopic (exact) mass is 717 g/mol. The second-order valence-corrected chi connectivity index (χ2v) is 15.4. The van der Waals surface area contributed by atoms with Crippen molar-refractivity contribution in [1.29, 1.82) is 0 Å². The number of furan rings is 1. The maximum absolute atomic E-state index is 6.37. The second kappa shape index (κ2) is 12.9. The van der Waals surface area contributed by atoms with E-state index in [4.69, 9.17) is 4.42 Å². The van der Waals surface area contributed by atoms with Crippen molar-refractivity contribution in [2.24, 2.45) is 5.92 Å². The zero-order valence-corrected chi connectivity index (χ0v) is 31.2. The molecule has 0 amide bonds. The molecule has 0 bridgehead atoms. The Morgan fingerprint density at radius 3 is 1.93 bits per heavy atom. The first-order valence-electron chi connectivity index (χ1n) is 19.6. The first-order valence-corrected chi connectivity index (χ1v) is 19.6. The summed E-state index contributed by atoms with van der Waals surface area (Å²) in [7, 11) is 0. The molecule has 0 radical (unpaired) electrons. The van der Waals surface area contributed by atoms with E-state index in [-0.39, 0.29) is 0 Å². The number of fused-ring (bicyclic) bond motifs is 7. The second-order valence-electron chi connectivity index (χ2n) is 15.4. The average Bonchev–Trinajstić information content (AvgIpc) is 3.78. The lowest BCUT2D eigenvalue weighted by Crippen LogP contribution is -2.32. The zero-order valence-electron chi connectivity index (χ0n) is 31.2. The highest BCUT2D eigenvalue weighted by Crippen LogP contribution is 2.58. The van der Waals surface area contributed by atoms with Gasteiger partial charge in [-0.05, 0) is 122 Å².